The van der Waals surface area contributed by atoms with Gasteiger partial charge in [0.15, 0.2) is 0 Å². The van der Waals surface area contributed by atoms with Crippen molar-refractivity contribution in [1.29, 1.82) is 0 Å². The number of aromatic nitrogens is 1. The summed E-state index contributed by atoms with van der Waals surface area (Å²) in [6.45, 7) is 2.24. The second kappa shape index (κ2) is 5.30. The van der Waals surface area contributed by atoms with E-state index in [1.165, 1.54) is 12.3 Å². The summed E-state index contributed by atoms with van der Waals surface area (Å²) in [4.78, 5) is 14.5. The Hall–Kier alpha value is -1.69. The molecule has 0 aromatic carbocycles. The van der Waals surface area contributed by atoms with Crippen LogP contribution in [-0.4, -0.2) is 22.6 Å². The number of hydrogen-bond acceptors (Lipinski definition) is 5. The summed E-state index contributed by atoms with van der Waals surface area (Å²) >= 11 is 0. The summed E-state index contributed by atoms with van der Waals surface area (Å²) in [5.74, 6) is 0.643. The van der Waals surface area contributed by atoms with E-state index >= 15 is 0 Å². The van der Waals surface area contributed by atoms with Gasteiger partial charge in [-0.3, -0.25) is 10.1 Å². The van der Waals surface area contributed by atoms with Crippen molar-refractivity contribution in [2.24, 2.45) is 11.7 Å². The largest absolute Gasteiger partial charge is 0.474 e. The number of ether oxygens (including phenoxy) is 1. The molecule has 1 heterocycles. The van der Waals surface area contributed by atoms with E-state index in [2.05, 4.69) is 4.98 Å². The van der Waals surface area contributed by atoms with Crippen molar-refractivity contribution >= 4 is 5.69 Å². The van der Waals surface area contributed by atoms with E-state index in [0.29, 0.717) is 23.9 Å². The molecule has 2 unspecified atom stereocenters. The molecule has 0 aliphatic heterocycles. The number of rotatable bonds is 4. The second-order valence-corrected chi connectivity index (χ2v) is 4.65. The maximum atomic E-state index is 10.8. The Labute approximate surface area is 105 Å². The van der Waals surface area contributed by atoms with Crippen LogP contribution in [0.3, 0.4) is 0 Å². The Bertz CT molecular complexity index is 450. The van der Waals surface area contributed by atoms with Gasteiger partial charge in [-0.15, -0.1) is 0 Å². The summed E-state index contributed by atoms with van der Waals surface area (Å²) in [5, 5.41) is 10.8. The van der Waals surface area contributed by atoms with Crippen molar-refractivity contribution in [2.45, 2.75) is 32.3 Å². The van der Waals surface area contributed by atoms with Crippen molar-refractivity contribution in [2.75, 3.05) is 6.54 Å². The molecule has 6 nitrogen and oxygen atoms in total. The molecule has 98 valence electrons. The van der Waals surface area contributed by atoms with Crippen LogP contribution in [0.1, 0.15) is 24.8 Å². The molecule has 2 atom stereocenters. The quantitative estimate of drug-likeness (QED) is 0.650. The van der Waals surface area contributed by atoms with Gasteiger partial charge in [0.1, 0.15) is 6.10 Å². The third-order valence-electron chi connectivity index (χ3n) is 3.41. The van der Waals surface area contributed by atoms with Gasteiger partial charge in [0, 0.05) is 17.7 Å². The van der Waals surface area contributed by atoms with Crippen LogP contribution in [0.5, 0.6) is 5.88 Å². The average Bonchev–Trinajstić information content (AvgIpc) is 2.78. The summed E-state index contributed by atoms with van der Waals surface area (Å²) in [5.41, 5.74) is 6.25. The molecule has 1 aromatic rings. The standard InChI is InChI=1S/C12H17N3O3/c1-8-7-14-12(5-10(8)15(16)17)18-11-4-2-3-9(11)6-13/h5,7,9,11H,2-4,6,13H2,1H3. The van der Waals surface area contributed by atoms with Gasteiger partial charge in [-0.2, -0.15) is 0 Å². The molecule has 0 saturated heterocycles. The highest BCUT2D eigenvalue weighted by Gasteiger charge is 2.28. The van der Waals surface area contributed by atoms with E-state index in [9.17, 15) is 10.1 Å². The van der Waals surface area contributed by atoms with Crippen LogP contribution in [-0.2, 0) is 0 Å². The van der Waals surface area contributed by atoms with Gasteiger partial charge in [0.25, 0.3) is 5.69 Å². The maximum Gasteiger partial charge on any atom is 0.279 e. The Balaban J connectivity index is 2.14. The predicted molar refractivity (Wildman–Crippen MR) is 66.4 cm³/mol. The van der Waals surface area contributed by atoms with Crippen LogP contribution in [0, 0.1) is 23.0 Å². The number of hydrogen-bond donors (Lipinski definition) is 1. The van der Waals surface area contributed by atoms with Crippen LogP contribution < -0.4 is 10.5 Å². The average molecular weight is 251 g/mol. The van der Waals surface area contributed by atoms with Crippen molar-refractivity contribution in [3.8, 4) is 5.88 Å². The fraction of sp³-hybridized carbons (Fsp3) is 0.583. The predicted octanol–water partition coefficient (Wildman–Crippen LogP) is 1.80. The van der Waals surface area contributed by atoms with Crippen LogP contribution in [0.4, 0.5) is 5.69 Å². The van der Waals surface area contributed by atoms with E-state index in [4.69, 9.17) is 10.5 Å². The molecule has 18 heavy (non-hydrogen) atoms. The van der Waals surface area contributed by atoms with Crippen molar-refractivity contribution in [1.82, 2.24) is 4.98 Å². The molecule has 2 N–H and O–H groups in total. The molecular formula is C12H17N3O3. The molecular weight excluding hydrogens is 234 g/mol. The lowest BCUT2D eigenvalue weighted by atomic mass is 10.1. The third-order valence-corrected chi connectivity index (χ3v) is 3.41. The molecule has 6 heteroatoms. The van der Waals surface area contributed by atoms with E-state index in [-0.39, 0.29) is 11.8 Å². The van der Waals surface area contributed by atoms with Gasteiger partial charge in [-0.25, -0.2) is 4.98 Å². The van der Waals surface area contributed by atoms with Gasteiger partial charge >= 0.3 is 0 Å². The molecule has 1 fully saturated rings. The Morgan fingerprint density at radius 1 is 1.61 bits per heavy atom. The first kappa shape index (κ1) is 12.8. The van der Waals surface area contributed by atoms with Crippen LogP contribution in [0.25, 0.3) is 0 Å². The minimum Gasteiger partial charge on any atom is -0.474 e. The number of nitrogens with two attached hydrogens (primary N) is 1. The minimum atomic E-state index is -0.418. The molecule has 1 aliphatic rings. The van der Waals surface area contributed by atoms with Gasteiger partial charge in [-0.05, 0) is 32.7 Å². The van der Waals surface area contributed by atoms with E-state index in [0.717, 1.165) is 19.3 Å². The van der Waals surface area contributed by atoms with E-state index in [1.54, 1.807) is 6.92 Å². The highest BCUT2D eigenvalue weighted by molar-refractivity contribution is 5.40. The monoisotopic (exact) mass is 251 g/mol. The van der Waals surface area contributed by atoms with Crippen LogP contribution >= 0.6 is 0 Å². The zero-order valence-corrected chi connectivity index (χ0v) is 10.3. The molecule has 1 aliphatic carbocycles. The lowest BCUT2D eigenvalue weighted by Crippen LogP contribution is -2.27. The topological polar surface area (TPSA) is 91.3 Å². The molecule has 2 rings (SSSR count). The number of nitro groups is 1. The fourth-order valence-electron chi connectivity index (χ4n) is 2.34. The molecule has 1 aromatic heterocycles. The number of nitrogens with zero attached hydrogens (tertiary/aromatic N) is 2. The van der Waals surface area contributed by atoms with Gasteiger partial charge < -0.3 is 10.5 Å². The SMILES string of the molecule is Cc1cnc(OC2CCCC2CN)cc1[N+](=O)[O-]. The van der Waals surface area contributed by atoms with Crippen molar-refractivity contribution < 1.29 is 9.66 Å². The zero-order chi connectivity index (χ0) is 13.1. The van der Waals surface area contributed by atoms with E-state index < -0.39 is 4.92 Å². The third kappa shape index (κ3) is 2.59. The fourth-order valence-corrected chi connectivity index (χ4v) is 2.34. The molecule has 0 bridgehead atoms. The van der Waals surface area contributed by atoms with Crippen LogP contribution in [0.15, 0.2) is 12.3 Å². The Kier molecular flexibility index (Phi) is 3.76. The van der Waals surface area contributed by atoms with Gasteiger partial charge in [-0.1, -0.05) is 0 Å². The first-order valence-electron chi connectivity index (χ1n) is 6.09. The number of aryl methyl sites for hydroxylation is 1. The molecule has 0 spiro atoms. The molecule has 0 radical (unpaired) electrons. The highest BCUT2D eigenvalue weighted by Crippen LogP contribution is 2.30. The first-order valence-corrected chi connectivity index (χ1v) is 6.09. The summed E-state index contributed by atoms with van der Waals surface area (Å²) in [6, 6.07) is 1.39. The summed E-state index contributed by atoms with van der Waals surface area (Å²) in [6.07, 6.45) is 4.57. The second-order valence-electron chi connectivity index (χ2n) is 4.65. The lowest BCUT2D eigenvalue weighted by Gasteiger charge is -2.19. The Morgan fingerprint density at radius 2 is 2.39 bits per heavy atom. The van der Waals surface area contributed by atoms with Crippen molar-refractivity contribution in [3.63, 3.8) is 0 Å². The number of pyridine rings is 1. The van der Waals surface area contributed by atoms with Gasteiger partial charge in [0.05, 0.1) is 11.0 Å². The normalized spacial score (nSPS) is 23.0. The van der Waals surface area contributed by atoms with Crippen molar-refractivity contribution in [3.05, 3.63) is 27.9 Å². The van der Waals surface area contributed by atoms with Crippen LogP contribution in [0.2, 0.25) is 0 Å². The first-order chi connectivity index (χ1) is 8.61. The Morgan fingerprint density at radius 3 is 3.06 bits per heavy atom. The molecule has 1 saturated carbocycles. The summed E-state index contributed by atoms with van der Waals surface area (Å²) < 4.78 is 5.73. The van der Waals surface area contributed by atoms with E-state index in [1.807, 2.05) is 0 Å². The summed E-state index contributed by atoms with van der Waals surface area (Å²) in [7, 11) is 0. The smallest absolute Gasteiger partial charge is 0.279 e. The maximum absolute atomic E-state index is 10.8. The lowest BCUT2D eigenvalue weighted by molar-refractivity contribution is -0.385. The minimum absolute atomic E-state index is 0.0322. The zero-order valence-electron chi connectivity index (χ0n) is 10.3. The molecule has 0 amide bonds. The van der Waals surface area contributed by atoms with Gasteiger partial charge in [0.2, 0.25) is 5.88 Å². The highest BCUT2D eigenvalue weighted by atomic mass is 16.6.